The summed E-state index contributed by atoms with van der Waals surface area (Å²) in [6.07, 6.45) is 0. The lowest BCUT2D eigenvalue weighted by atomic mass is 10.1. The lowest BCUT2D eigenvalue weighted by Crippen LogP contribution is -2.01. The summed E-state index contributed by atoms with van der Waals surface area (Å²) in [5.74, 6) is 0.419. The number of hydrogen-bond donors (Lipinski definition) is 2. The number of halogens is 3. The lowest BCUT2D eigenvalue weighted by Gasteiger charge is -2.13. The van der Waals surface area contributed by atoms with Crippen molar-refractivity contribution in [3.8, 4) is 11.5 Å². The van der Waals surface area contributed by atoms with Gasteiger partial charge in [0.05, 0.1) is 22.3 Å². The molecule has 0 aliphatic carbocycles. The number of methoxy groups -OCH3 is 1. The minimum Gasteiger partial charge on any atom is -0.504 e. The van der Waals surface area contributed by atoms with Crippen molar-refractivity contribution in [2.24, 2.45) is 0 Å². The number of phenolic OH excluding ortho intramolecular Hbond substituents is 1. The van der Waals surface area contributed by atoms with Crippen molar-refractivity contribution in [2.75, 3.05) is 12.4 Å². The summed E-state index contributed by atoms with van der Waals surface area (Å²) < 4.78 is 5.84. The van der Waals surface area contributed by atoms with Gasteiger partial charge in [-0.1, -0.05) is 29.3 Å². The molecule has 0 aromatic heterocycles. The van der Waals surface area contributed by atoms with E-state index in [0.29, 0.717) is 27.9 Å². The number of rotatable bonds is 4. The van der Waals surface area contributed by atoms with Crippen LogP contribution < -0.4 is 10.1 Å². The minimum absolute atomic E-state index is 0.0718. The lowest BCUT2D eigenvalue weighted by molar-refractivity contribution is 0.371. The van der Waals surface area contributed by atoms with Crippen LogP contribution in [-0.4, -0.2) is 12.2 Å². The first kappa shape index (κ1) is 15.3. The molecule has 0 saturated heterocycles. The Balaban J connectivity index is 2.23. The molecule has 106 valence electrons. The van der Waals surface area contributed by atoms with E-state index in [1.54, 1.807) is 18.2 Å². The van der Waals surface area contributed by atoms with Crippen LogP contribution in [0.3, 0.4) is 0 Å². The van der Waals surface area contributed by atoms with Crippen LogP contribution in [0.2, 0.25) is 10.0 Å². The van der Waals surface area contributed by atoms with E-state index in [1.807, 2.05) is 12.1 Å². The van der Waals surface area contributed by atoms with Crippen molar-refractivity contribution < 1.29 is 9.84 Å². The molecule has 2 N–H and O–H groups in total. The van der Waals surface area contributed by atoms with Gasteiger partial charge in [0.1, 0.15) is 0 Å². The smallest absolute Gasteiger partial charge is 0.162 e. The summed E-state index contributed by atoms with van der Waals surface area (Å²) in [6, 6.07) is 8.76. The van der Waals surface area contributed by atoms with E-state index in [-0.39, 0.29) is 5.75 Å². The second kappa shape index (κ2) is 6.57. The molecule has 0 aliphatic heterocycles. The molecular weight excluding hydrogens is 365 g/mol. The molecule has 2 rings (SSSR count). The predicted molar refractivity (Wildman–Crippen MR) is 86.1 cm³/mol. The van der Waals surface area contributed by atoms with Gasteiger partial charge < -0.3 is 15.2 Å². The highest BCUT2D eigenvalue weighted by Crippen LogP contribution is 2.35. The molecule has 0 fully saturated rings. The fourth-order valence-electron chi connectivity index (χ4n) is 1.75. The second-order valence-corrected chi connectivity index (χ2v) is 5.71. The Labute approximate surface area is 135 Å². The number of nitrogens with one attached hydrogen (secondary N) is 1. The van der Waals surface area contributed by atoms with E-state index in [9.17, 15) is 5.11 Å². The van der Waals surface area contributed by atoms with Gasteiger partial charge in [-0.2, -0.15) is 0 Å². The molecular formula is C14H12BrCl2NO2. The third-order valence-electron chi connectivity index (χ3n) is 2.76. The van der Waals surface area contributed by atoms with Gasteiger partial charge >= 0.3 is 0 Å². The van der Waals surface area contributed by atoms with Crippen LogP contribution in [0.5, 0.6) is 11.5 Å². The van der Waals surface area contributed by atoms with Crippen LogP contribution in [0.4, 0.5) is 5.69 Å². The summed E-state index contributed by atoms with van der Waals surface area (Å²) in [7, 11) is 1.48. The molecule has 0 unspecified atom stereocenters. The topological polar surface area (TPSA) is 41.5 Å². The number of ether oxygens (including phenoxy) is 1. The van der Waals surface area contributed by atoms with Gasteiger partial charge in [0.15, 0.2) is 11.5 Å². The molecule has 2 aromatic carbocycles. The third-order valence-corrected chi connectivity index (χ3v) is 4.38. The van der Waals surface area contributed by atoms with Crippen molar-refractivity contribution in [3.05, 3.63) is 50.4 Å². The number of anilines is 1. The summed E-state index contributed by atoms with van der Waals surface area (Å²) in [5, 5.41) is 14.4. The quantitative estimate of drug-likeness (QED) is 0.781. The fraction of sp³-hybridized carbons (Fsp3) is 0.143. The van der Waals surface area contributed by atoms with Gasteiger partial charge in [-0.25, -0.2) is 0 Å². The fourth-order valence-corrected chi connectivity index (χ4v) is 2.56. The van der Waals surface area contributed by atoms with Crippen molar-refractivity contribution in [1.29, 1.82) is 0 Å². The first-order valence-electron chi connectivity index (χ1n) is 5.76. The van der Waals surface area contributed by atoms with E-state index >= 15 is 0 Å². The minimum atomic E-state index is 0.0718. The third kappa shape index (κ3) is 3.32. The highest BCUT2D eigenvalue weighted by Gasteiger charge is 2.11. The Morgan fingerprint density at radius 2 is 2.05 bits per heavy atom. The normalized spacial score (nSPS) is 10.4. The highest BCUT2D eigenvalue weighted by atomic mass is 79.9. The van der Waals surface area contributed by atoms with Crippen molar-refractivity contribution in [1.82, 2.24) is 0 Å². The first-order valence-corrected chi connectivity index (χ1v) is 7.31. The number of aromatic hydroxyl groups is 1. The summed E-state index contributed by atoms with van der Waals surface area (Å²) >= 11 is 15.4. The Hall–Kier alpha value is -1.10. The largest absolute Gasteiger partial charge is 0.504 e. The van der Waals surface area contributed by atoms with Crippen LogP contribution in [0, 0.1) is 0 Å². The first-order chi connectivity index (χ1) is 9.52. The van der Waals surface area contributed by atoms with Gasteiger partial charge in [-0.15, -0.1) is 0 Å². The molecule has 0 radical (unpaired) electrons. The van der Waals surface area contributed by atoms with E-state index in [2.05, 4.69) is 21.2 Å². The molecule has 0 aliphatic rings. The average Bonchev–Trinajstić information content (AvgIpc) is 2.43. The zero-order valence-electron chi connectivity index (χ0n) is 10.6. The van der Waals surface area contributed by atoms with E-state index in [4.69, 9.17) is 27.9 Å². The zero-order chi connectivity index (χ0) is 14.7. The Bertz CT molecular complexity index is 635. The summed E-state index contributed by atoms with van der Waals surface area (Å²) in [5.41, 5.74) is 1.47. The van der Waals surface area contributed by atoms with Crippen LogP contribution in [0.15, 0.2) is 34.8 Å². The highest BCUT2D eigenvalue weighted by molar-refractivity contribution is 9.10. The van der Waals surface area contributed by atoms with Gasteiger partial charge in [0, 0.05) is 23.2 Å². The average molecular weight is 377 g/mol. The number of hydrogen-bond acceptors (Lipinski definition) is 3. The molecule has 3 nitrogen and oxygen atoms in total. The molecule has 0 spiro atoms. The Morgan fingerprint density at radius 1 is 1.30 bits per heavy atom. The predicted octanol–water partition coefficient (Wildman–Crippen LogP) is 5.08. The maximum atomic E-state index is 10.1. The molecule has 0 atom stereocenters. The van der Waals surface area contributed by atoms with Crippen LogP contribution >= 0.6 is 39.1 Å². The van der Waals surface area contributed by atoms with E-state index < -0.39 is 0 Å². The zero-order valence-corrected chi connectivity index (χ0v) is 13.7. The van der Waals surface area contributed by atoms with Gasteiger partial charge in [-0.05, 0) is 34.1 Å². The standard InChI is InChI=1S/C14H12BrCl2NO2/c1-20-12-6-9(16)5-8(14(12)19)7-18-11-4-2-3-10(17)13(11)15/h2-6,18-19H,7H2,1H3. The van der Waals surface area contributed by atoms with Gasteiger partial charge in [-0.3, -0.25) is 0 Å². The van der Waals surface area contributed by atoms with E-state index in [1.165, 1.54) is 7.11 Å². The van der Waals surface area contributed by atoms with Gasteiger partial charge in [0.2, 0.25) is 0 Å². The number of phenols is 1. The molecule has 2 aromatic rings. The second-order valence-electron chi connectivity index (χ2n) is 4.07. The van der Waals surface area contributed by atoms with Crippen LogP contribution in [0.25, 0.3) is 0 Å². The molecule has 0 amide bonds. The molecule has 0 heterocycles. The maximum Gasteiger partial charge on any atom is 0.162 e. The monoisotopic (exact) mass is 375 g/mol. The van der Waals surface area contributed by atoms with Crippen LogP contribution in [-0.2, 0) is 6.54 Å². The van der Waals surface area contributed by atoms with Crippen molar-refractivity contribution >= 4 is 44.8 Å². The van der Waals surface area contributed by atoms with Crippen molar-refractivity contribution in [2.45, 2.75) is 6.54 Å². The van der Waals surface area contributed by atoms with E-state index in [0.717, 1.165) is 10.2 Å². The Morgan fingerprint density at radius 3 is 2.75 bits per heavy atom. The number of benzene rings is 2. The molecule has 20 heavy (non-hydrogen) atoms. The SMILES string of the molecule is COc1cc(Cl)cc(CNc2cccc(Cl)c2Br)c1O. The summed E-state index contributed by atoms with van der Waals surface area (Å²) in [4.78, 5) is 0. The maximum absolute atomic E-state index is 10.1. The van der Waals surface area contributed by atoms with Gasteiger partial charge in [0.25, 0.3) is 0 Å². The van der Waals surface area contributed by atoms with Crippen molar-refractivity contribution in [3.63, 3.8) is 0 Å². The molecule has 6 heteroatoms. The van der Waals surface area contributed by atoms with Crippen LogP contribution in [0.1, 0.15) is 5.56 Å². The summed E-state index contributed by atoms with van der Waals surface area (Å²) in [6.45, 7) is 0.391. The Kier molecular flexibility index (Phi) is 5.02. The molecule has 0 saturated carbocycles. The molecule has 0 bridgehead atoms.